The van der Waals surface area contributed by atoms with E-state index in [2.05, 4.69) is 6.92 Å². The molecule has 3 nitrogen and oxygen atoms in total. The summed E-state index contributed by atoms with van der Waals surface area (Å²) in [5.74, 6) is 0.0401. The highest BCUT2D eigenvalue weighted by Crippen LogP contribution is 2.15. The van der Waals surface area contributed by atoms with E-state index in [4.69, 9.17) is 5.11 Å². The van der Waals surface area contributed by atoms with E-state index in [1.54, 1.807) is 11.9 Å². The molecule has 0 saturated carbocycles. The third-order valence-electron chi connectivity index (χ3n) is 2.65. The van der Waals surface area contributed by atoms with Crippen LogP contribution in [0.25, 0.3) is 0 Å². The first-order valence-corrected chi connectivity index (χ1v) is 5.65. The van der Waals surface area contributed by atoms with Gasteiger partial charge < -0.3 is 10.0 Å². The molecule has 0 heterocycles. The lowest BCUT2D eigenvalue weighted by molar-refractivity contribution is -0.118. The fourth-order valence-electron chi connectivity index (χ4n) is 1.50. The number of carbonyl (C=O) groups is 1. The van der Waals surface area contributed by atoms with Crippen molar-refractivity contribution in [2.24, 2.45) is 0 Å². The Hall–Kier alpha value is -1.35. The lowest BCUT2D eigenvalue weighted by atomic mass is 10.1. The Kier molecular flexibility index (Phi) is 4.99. The van der Waals surface area contributed by atoms with E-state index in [1.165, 1.54) is 5.56 Å². The summed E-state index contributed by atoms with van der Waals surface area (Å²) in [6.07, 6.45) is 1.92. The molecule has 1 amide bonds. The topological polar surface area (TPSA) is 40.5 Å². The van der Waals surface area contributed by atoms with Gasteiger partial charge in [-0.3, -0.25) is 4.79 Å². The Labute approximate surface area is 96.7 Å². The Morgan fingerprint density at radius 2 is 1.94 bits per heavy atom. The van der Waals surface area contributed by atoms with Gasteiger partial charge >= 0.3 is 0 Å². The summed E-state index contributed by atoms with van der Waals surface area (Å²) in [6.45, 7) is 2.17. The number of benzene rings is 1. The van der Waals surface area contributed by atoms with Crippen LogP contribution in [0.3, 0.4) is 0 Å². The summed E-state index contributed by atoms with van der Waals surface area (Å²) in [7, 11) is 1.76. The number of aryl methyl sites for hydroxylation is 1. The van der Waals surface area contributed by atoms with Crippen LogP contribution in [0.5, 0.6) is 0 Å². The number of hydrogen-bond acceptors (Lipinski definition) is 2. The zero-order valence-corrected chi connectivity index (χ0v) is 9.94. The number of hydrogen-bond donors (Lipinski definition) is 1. The van der Waals surface area contributed by atoms with E-state index >= 15 is 0 Å². The van der Waals surface area contributed by atoms with E-state index in [0.29, 0.717) is 12.8 Å². The highest BCUT2D eigenvalue weighted by Gasteiger charge is 2.09. The van der Waals surface area contributed by atoms with Crippen molar-refractivity contribution >= 4 is 11.6 Å². The average Bonchev–Trinajstić information content (AvgIpc) is 2.35. The molecule has 1 rings (SSSR count). The maximum absolute atomic E-state index is 11.7. The van der Waals surface area contributed by atoms with E-state index in [1.807, 2.05) is 24.3 Å². The van der Waals surface area contributed by atoms with Gasteiger partial charge in [0.25, 0.3) is 0 Å². The highest BCUT2D eigenvalue weighted by atomic mass is 16.3. The summed E-state index contributed by atoms with van der Waals surface area (Å²) in [5, 5.41) is 8.67. The molecule has 1 aromatic rings. The highest BCUT2D eigenvalue weighted by molar-refractivity contribution is 5.92. The van der Waals surface area contributed by atoms with Gasteiger partial charge in [0.05, 0.1) is 0 Å². The van der Waals surface area contributed by atoms with Gasteiger partial charge in [-0.05, 0) is 30.5 Å². The molecular formula is C13H19NO2. The van der Waals surface area contributed by atoms with Gasteiger partial charge in [0, 0.05) is 25.8 Å². The normalized spacial score (nSPS) is 10.2. The van der Waals surface area contributed by atoms with Crippen LogP contribution in [-0.2, 0) is 11.2 Å². The minimum atomic E-state index is 0.0401. The van der Waals surface area contributed by atoms with Gasteiger partial charge in [-0.15, -0.1) is 0 Å². The van der Waals surface area contributed by atoms with Crippen LogP contribution in [0.4, 0.5) is 5.69 Å². The quantitative estimate of drug-likeness (QED) is 0.826. The van der Waals surface area contributed by atoms with Crippen LogP contribution in [-0.4, -0.2) is 24.7 Å². The molecule has 0 fully saturated rings. The Balaban J connectivity index is 2.64. The first-order chi connectivity index (χ1) is 7.69. The Bertz CT molecular complexity index is 332. The van der Waals surface area contributed by atoms with Crippen molar-refractivity contribution in [2.75, 3.05) is 18.6 Å². The van der Waals surface area contributed by atoms with Crippen LogP contribution in [0, 0.1) is 0 Å². The van der Waals surface area contributed by atoms with Gasteiger partial charge in [0.1, 0.15) is 0 Å². The number of anilines is 1. The Morgan fingerprint density at radius 3 is 2.44 bits per heavy atom. The summed E-state index contributed by atoms with van der Waals surface area (Å²) < 4.78 is 0. The lowest BCUT2D eigenvalue weighted by Gasteiger charge is -2.17. The molecule has 0 atom stereocenters. The zero-order valence-electron chi connectivity index (χ0n) is 9.94. The van der Waals surface area contributed by atoms with Crippen molar-refractivity contribution in [1.82, 2.24) is 0 Å². The molecule has 0 aliphatic rings. The third-order valence-corrected chi connectivity index (χ3v) is 2.65. The third kappa shape index (κ3) is 3.35. The van der Waals surface area contributed by atoms with Crippen molar-refractivity contribution in [1.29, 1.82) is 0 Å². The predicted octanol–water partition coefficient (Wildman–Crippen LogP) is 1.98. The maximum atomic E-state index is 11.7. The first kappa shape index (κ1) is 12.7. The van der Waals surface area contributed by atoms with E-state index < -0.39 is 0 Å². The standard InChI is InChI=1S/C13H19NO2/c1-3-11-6-8-12(9-7-11)14(2)13(16)5-4-10-15/h6-9,15H,3-5,10H2,1-2H3. The molecule has 0 radical (unpaired) electrons. The van der Waals surface area contributed by atoms with Crippen LogP contribution < -0.4 is 4.90 Å². The number of aliphatic hydroxyl groups is 1. The van der Waals surface area contributed by atoms with E-state index in [9.17, 15) is 4.79 Å². The maximum Gasteiger partial charge on any atom is 0.226 e. The number of aliphatic hydroxyl groups excluding tert-OH is 1. The molecule has 0 aliphatic heterocycles. The van der Waals surface area contributed by atoms with Crippen molar-refractivity contribution in [3.05, 3.63) is 29.8 Å². The van der Waals surface area contributed by atoms with Crippen LogP contribution in [0.1, 0.15) is 25.3 Å². The summed E-state index contributed by atoms with van der Waals surface area (Å²) in [5.41, 5.74) is 2.17. The van der Waals surface area contributed by atoms with Gasteiger partial charge in [-0.2, -0.15) is 0 Å². The Morgan fingerprint density at radius 1 is 1.31 bits per heavy atom. The molecule has 16 heavy (non-hydrogen) atoms. The smallest absolute Gasteiger partial charge is 0.226 e. The molecule has 1 N–H and O–H groups in total. The molecule has 0 aromatic heterocycles. The molecule has 0 aliphatic carbocycles. The SMILES string of the molecule is CCc1ccc(N(C)C(=O)CCCO)cc1. The number of carbonyl (C=O) groups excluding carboxylic acids is 1. The molecule has 1 aromatic carbocycles. The summed E-state index contributed by atoms with van der Waals surface area (Å²) in [4.78, 5) is 13.3. The van der Waals surface area contributed by atoms with Crippen molar-refractivity contribution in [2.45, 2.75) is 26.2 Å². The summed E-state index contributed by atoms with van der Waals surface area (Å²) >= 11 is 0. The zero-order chi connectivity index (χ0) is 12.0. The number of rotatable bonds is 5. The molecule has 0 unspecified atom stereocenters. The van der Waals surface area contributed by atoms with Crippen molar-refractivity contribution in [3.63, 3.8) is 0 Å². The monoisotopic (exact) mass is 221 g/mol. The molecule has 0 saturated heterocycles. The van der Waals surface area contributed by atoms with Gasteiger partial charge in [-0.25, -0.2) is 0 Å². The number of nitrogens with zero attached hydrogens (tertiary/aromatic N) is 1. The number of amides is 1. The molecular weight excluding hydrogens is 202 g/mol. The molecule has 3 heteroatoms. The minimum absolute atomic E-state index is 0.0401. The van der Waals surface area contributed by atoms with Crippen LogP contribution in [0.15, 0.2) is 24.3 Å². The fourth-order valence-corrected chi connectivity index (χ4v) is 1.50. The van der Waals surface area contributed by atoms with Gasteiger partial charge in [-0.1, -0.05) is 19.1 Å². The predicted molar refractivity (Wildman–Crippen MR) is 65.5 cm³/mol. The average molecular weight is 221 g/mol. The second kappa shape index (κ2) is 6.28. The van der Waals surface area contributed by atoms with Crippen molar-refractivity contribution < 1.29 is 9.90 Å². The first-order valence-electron chi connectivity index (χ1n) is 5.65. The molecule has 0 spiro atoms. The second-order valence-corrected chi connectivity index (χ2v) is 3.80. The van der Waals surface area contributed by atoms with Crippen molar-refractivity contribution in [3.8, 4) is 0 Å². The minimum Gasteiger partial charge on any atom is -0.396 e. The van der Waals surface area contributed by atoms with E-state index in [-0.39, 0.29) is 12.5 Å². The van der Waals surface area contributed by atoms with Gasteiger partial charge in [0.15, 0.2) is 0 Å². The van der Waals surface area contributed by atoms with E-state index in [0.717, 1.165) is 12.1 Å². The lowest BCUT2D eigenvalue weighted by Crippen LogP contribution is -2.26. The van der Waals surface area contributed by atoms with Crippen LogP contribution in [0.2, 0.25) is 0 Å². The molecule has 88 valence electrons. The van der Waals surface area contributed by atoms with Crippen LogP contribution >= 0.6 is 0 Å². The molecule has 0 bridgehead atoms. The van der Waals surface area contributed by atoms with Gasteiger partial charge in [0.2, 0.25) is 5.91 Å². The second-order valence-electron chi connectivity index (χ2n) is 3.80. The summed E-state index contributed by atoms with van der Waals surface area (Å²) in [6, 6.07) is 7.97. The fraction of sp³-hybridized carbons (Fsp3) is 0.462. The largest absolute Gasteiger partial charge is 0.396 e.